The van der Waals surface area contributed by atoms with Crippen LogP contribution in [0.15, 0.2) is 90.5 Å². The van der Waals surface area contributed by atoms with Gasteiger partial charge in [0.15, 0.2) is 0 Å². The van der Waals surface area contributed by atoms with Crippen molar-refractivity contribution in [3.05, 3.63) is 113 Å². The summed E-state index contributed by atoms with van der Waals surface area (Å²) in [6.07, 6.45) is 2.92. The molecule has 0 bridgehead atoms. The zero-order valence-corrected chi connectivity index (χ0v) is 40.1. The van der Waals surface area contributed by atoms with Crippen LogP contribution >= 0.6 is 7.82 Å². The molecule has 2 saturated heterocycles. The highest BCUT2D eigenvalue weighted by Crippen LogP contribution is 2.42. The van der Waals surface area contributed by atoms with Crippen molar-refractivity contribution in [3.8, 4) is 11.4 Å². The molecule has 3 N–H and O–H groups in total. The second-order valence-corrected chi connectivity index (χ2v) is 18.2. The van der Waals surface area contributed by atoms with Crippen LogP contribution in [0.25, 0.3) is 5.69 Å². The number of aliphatic hydroxyl groups excluding tert-OH is 1. The lowest BCUT2D eigenvalue weighted by molar-refractivity contribution is -0.754. The smallest absolute Gasteiger partial charge is 0.493 e. The first-order chi connectivity index (χ1) is 33.6. The molecule has 21 nitrogen and oxygen atoms in total. The summed E-state index contributed by atoms with van der Waals surface area (Å²) in [5.41, 5.74) is 1.46. The number of rotatable bonds is 24. The fraction of sp³-hybridized carbons (Fsp3) is 0.500. The Morgan fingerprint density at radius 3 is 2.16 bits per heavy atom. The molecule has 5 atom stereocenters. The van der Waals surface area contributed by atoms with Crippen molar-refractivity contribution in [3.63, 3.8) is 0 Å². The predicted octanol–water partition coefficient (Wildman–Crippen LogP) is 4.28. The first-order valence-electron chi connectivity index (χ1n) is 23.0. The molecular weight excluding hydrogens is 942 g/mol. The number of phosphoric acid groups is 1. The van der Waals surface area contributed by atoms with Gasteiger partial charge in [-0.05, 0) is 74.4 Å². The molecule has 0 saturated carbocycles. The lowest BCUT2D eigenvalue weighted by Gasteiger charge is -2.37. The highest BCUT2D eigenvalue weighted by atomic mass is 31.2. The van der Waals surface area contributed by atoms with E-state index in [4.69, 9.17) is 38.2 Å². The number of aromatic nitrogens is 6. The third-order valence-corrected chi connectivity index (χ3v) is 12.6. The van der Waals surface area contributed by atoms with Crippen LogP contribution in [0, 0.1) is 17.6 Å². The molecule has 70 heavy (non-hydrogen) atoms. The second-order valence-electron chi connectivity index (χ2n) is 17.0. The normalized spacial score (nSPS) is 18.7. The van der Waals surface area contributed by atoms with Gasteiger partial charge in [-0.25, -0.2) is 32.2 Å². The Hall–Kier alpha value is -5.78. The molecule has 0 amide bonds. The number of aliphatic hydroxyl groups is 1. The Bertz CT molecular complexity index is 2570. The average Bonchev–Trinajstić information content (AvgIpc) is 4.08. The first kappa shape index (κ1) is 52.1. The van der Waals surface area contributed by atoms with Crippen molar-refractivity contribution < 1.29 is 70.5 Å². The Labute approximate surface area is 402 Å². The van der Waals surface area contributed by atoms with Crippen molar-refractivity contribution in [2.75, 3.05) is 88.8 Å². The third kappa shape index (κ3) is 13.8. The van der Waals surface area contributed by atoms with Crippen molar-refractivity contribution in [1.82, 2.24) is 24.1 Å². The molecule has 4 heterocycles. The standard InChI is InChI=1S/C46H59F2N8O13P/c1-4-43(33(2)57)56-44(58)55(31-50-56)39-8-6-37(7-9-39)51-15-17-52(18-16-51)38-10-12-40(13-11-38)66-27-35-26-46(67-28-35,41-14-5-36(47)25-42(41)48)29-54-32-53(30-49-54)34(3)69-45(59)65-23-21-63-19-20-64-22-24-68-70(60,61)62/h5-14,25,30-35,43,57H,4,15-24,26-29H2,1-3H3,(H-,60,61,62)/p+1/t33-,34?,35+,43-,46-/m0/s1. The van der Waals surface area contributed by atoms with Gasteiger partial charge >= 0.3 is 19.7 Å². The number of carbonyl (C=O) groups is 1. The highest BCUT2D eigenvalue weighted by molar-refractivity contribution is 7.46. The topological polar surface area (TPSA) is 227 Å². The molecule has 380 valence electrons. The van der Waals surface area contributed by atoms with E-state index in [1.807, 2.05) is 55.5 Å². The van der Waals surface area contributed by atoms with E-state index < -0.39 is 49.6 Å². The Balaban J connectivity index is 0.866. The monoisotopic (exact) mass is 1000 g/mol. The number of piperazine rings is 1. The number of nitrogens with zero attached hydrogens (tertiary/aromatic N) is 8. The molecule has 2 aliphatic rings. The third-order valence-electron chi connectivity index (χ3n) is 12.1. The Kier molecular flexibility index (Phi) is 17.8. The van der Waals surface area contributed by atoms with Gasteiger partial charge in [0.1, 0.15) is 42.5 Å². The van der Waals surface area contributed by atoms with Gasteiger partial charge in [-0.3, -0.25) is 4.52 Å². The van der Waals surface area contributed by atoms with Crippen LogP contribution in [0.3, 0.4) is 0 Å². The molecule has 2 aliphatic heterocycles. The van der Waals surface area contributed by atoms with E-state index >= 15 is 4.39 Å². The van der Waals surface area contributed by atoms with Crippen molar-refractivity contribution >= 4 is 25.4 Å². The maximum absolute atomic E-state index is 15.5. The predicted molar refractivity (Wildman–Crippen MR) is 246 cm³/mol. The molecule has 1 unspecified atom stereocenters. The van der Waals surface area contributed by atoms with Gasteiger partial charge < -0.3 is 53.1 Å². The summed E-state index contributed by atoms with van der Waals surface area (Å²) in [6.45, 7) is 8.83. The molecule has 5 aromatic rings. The number of phosphoric ester groups is 1. The number of halogens is 2. The van der Waals surface area contributed by atoms with Crippen LogP contribution in [-0.4, -0.2) is 130 Å². The van der Waals surface area contributed by atoms with Gasteiger partial charge in [0.25, 0.3) is 6.33 Å². The number of carbonyl (C=O) groups excluding carboxylic acids is 1. The minimum atomic E-state index is -4.55. The lowest BCUT2D eigenvalue weighted by Crippen LogP contribution is -2.46. The summed E-state index contributed by atoms with van der Waals surface area (Å²) in [7, 11) is -4.55. The number of hydrogen-bond donors (Lipinski definition) is 3. The van der Waals surface area contributed by atoms with E-state index in [2.05, 4.69) is 24.5 Å². The minimum Gasteiger partial charge on any atom is -0.493 e. The van der Waals surface area contributed by atoms with E-state index in [0.29, 0.717) is 24.3 Å². The van der Waals surface area contributed by atoms with E-state index in [1.54, 1.807) is 20.2 Å². The molecule has 2 aromatic heterocycles. The van der Waals surface area contributed by atoms with Crippen molar-refractivity contribution in [2.45, 2.75) is 64.1 Å². The maximum atomic E-state index is 15.5. The van der Waals surface area contributed by atoms with Gasteiger partial charge in [0.05, 0.1) is 64.1 Å². The Morgan fingerprint density at radius 2 is 1.53 bits per heavy atom. The Morgan fingerprint density at radius 1 is 0.900 bits per heavy atom. The van der Waals surface area contributed by atoms with Gasteiger partial charge in [-0.2, -0.15) is 9.67 Å². The van der Waals surface area contributed by atoms with Crippen molar-refractivity contribution in [2.24, 2.45) is 5.92 Å². The van der Waals surface area contributed by atoms with E-state index in [9.17, 15) is 23.7 Å². The summed E-state index contributed by atoms with van der Waals surface area (Å²) in [5.74, 6) is -0.958. The molecule has 3 aromatic carbocycles. The summed E-state index contributed by atoms with van der Waals surface area (Å²) >= 11 is 0. The number of ether oxygens (including phenoxy) is 6. The lowest BCUT2D eigenvalue weighted by atomic mass is 9.87. The summed E-state index contributed by atoms with van der Waals surface area (Å²) in [4.78, 5) is 47.3. The number of benzene rings is 3. The van der Waals surface area contributed by atoms with Crippen LogP contribution in [0.4, 0.5) is 25.0 Å². The summed E-state index contributed by atoms with van der Waals surface area (Å²) in [5, 5.41) is 18.8. The molecule has 0 aliphatic carbocycles. The van der Waals surface area contributed by atoms with Gasteiger partial charge in [0.2, 0.25) is 12.6 Å². The molecule has 2 fully saturated rings. The van der Waals surface area contributed by atoms with Crippen LogP contribution in [0.5, 0.6) is 5.75 Å². The van der Waals surface area contributed by atoms with Gasteiger partial charge in [-0.1, -0.05) is 13.0 Å². The van der Waals surface area contributed by atoms with Crippen LogP contribution in [-0.2, 0) is 44.9 Å². The largest absolute Gasteiger partial charge is 0.511 e. The zero-order valence-electron chi connectivity index (χ0n) is 39.2. The molecule has 7 rings (SSSR count). The minimum absolute atomic E-state index is 0.0371. The van der Waals surface area contributed by atoms with E-state index in [-0.39, 0.29) is 76.6 Å². The van der Waals surface area contributed by atoms with Crippen LogP contribution < -0.4 is 24.8 Å². The quantitative estimate of drug-likeness (QED) is 0.0339. The van der Waals surface area contributed by atoms with Crippen LogP contribution in [0.2, 0.25) is 0 Å². The summed E-state index contributed by atoms with van der Waals surface area (Å²) in [6, 6.07) is 18.7. The molecule has 24 heteroatoms. The van der Waals surface area contributed by atoms with Crippen molar-refractivity contribution in [1.29, 1.82) is 0 Å². The van der Waals surface area contributed by atoms with E-state index in [1.165, 1.54) is 43.3 Å². The fourth-order valence-electron chi connectivity index (χ4n) is 8.49. The SMILES string of the molecule is CC[C@@H]([C@H](C)O)n1ncn(-c2ccc(N3CCN(c4ccc(OC[C@@H]5CO[C@@](Cn6c[n+](C(C)OC(=O)OCCOCCOCCOP(=O)(O)O)cn6)(c6ccc(F)cc6F)C5)cc4)CC3)cc2)c1=O. The second kappa shape index (κ2) is 23.9. The fourth-order valence-corrected chi connectivity index (χ4v) is 8.80. The molecule has 0 spiro atoms. The highest BCUT2D eigenvalue weighted by Gasteiger charge is 2.46. The van der Waals surface area contributed by atoms with E-state index in [0.717, 1.165) is 43.6 Å². The van der Waals surface area contributed by atoms with Gasteiger partial charge in [-0.15, -0.1) is 4.68 Å². The van der Waals surface area contributed by atoms with Gasteiger partial charge in [0, 0.05) is 67.1 Å². The zero-order chi connectivity index (χ0) is 49.8. The summed E-state index contributed by atoms with van der Waals surface area (Å²) < 4.78 is 83.9. The molecule has 0 radical (unpaired) electrons. The van der Waals surface area contributed by atoms with Crippen LogP contribution in [0.1, 0.15) is 51.4 Å². The number of anilines is 2. The average molecular weight is 1000 g/mol. The maximum Gasteiger partial charge on any atom is 0.511 e. The number of hydrogen-bond acceptors (Lipinski definition) is 15. The molecular formula is C46H60F2N8O13P+. The first-order valence-corrected chi connectivity index (χ1v) is 24.5.